The van der Waals surface area contributed by atoms with E-state index in [0.29, 0.717) is 23.4 Å². The van der Waals surface area contributed by atoms with Gasteiger partial charge < -0.3 is 10.1 Å². The van der Waals surface area contributed by atoms with E-state index >= 15 is 0 Å². The number of esters is 1. The van der Waals surface area contributed by atoms with Crippen molar-refractivity contribution in [3.8, 4) is 0 Å². The molecular weight excluding hydrogens is 440 g/mol. The van der Waals surface area contributed by atoms with Crippen LogP contribution < -0.4 is 5.32 Å². The van der Waals surface area contributed by atoms with Crippen molar-refractivity contribution in [3.63, 3.8) is 0 Å². The van der Waals surface area contributed by atoms with Gasteiger partial charge in [0.25, 0.3) is 0 Å². The van der Waals surface area contributed by atoms with E-state index in [1.807, 2.05) is 6.08 Å². The maximum Gasteiger partial charge on any atom is 0.331 e. The molecule has 1 saturated heterocycles. The fourth-order valence-electron chi connectivity index (χ4n) is 9.85. The average molecular weight is 487 g/mol. The fourth-order valence-corrected chi connectivity index (χ4v) is 11.2. The molecule has 34 heavy (non-hydrogen) atoms. The summed E-state index contributed by atoms with van der Waals surface area (Å²) >= 11 is 2.30. The van der Waals surface area contributed by atoms with Crippen molar-refractivity contribution in [2.75, 3.05) is 45.1 Å². The van der Waals surface area contributed by atoms with Crippen molar-refractivity contribution in [1.82, 2.24) is 10.2 Å². The number of piperazine rings is 1. The van der Waals surface area contributed by atoms with Crippen molar-refractivity contribution in [3.05, 3.63) is 11.6 Å². The summed E-state index contributed by atoms with van der Waals surface area (Å²) in [6.45, 7) is 11.9. The summed E-state index contributed by atoms with van der Waals surface area (Å²) in [5.74, 6) is 5.46. The number of cyclic esters (lactones) is 1. The lowest BCUT2D eigenvalue weighted by molar-refractivity contribution is -0.135. The first-order valence-corrected chi connectivity index (χ1v) is 15.4. The van der Waals surface area contributed by atoms with Crippen LogP contribution >= 0.6 is 11.8 Å². The van der Waals surface area contributed by atoms with Crippen molar-refractivity contribution in [2.24, 2.45) is 40.4 Å². The number of rotatable bonds is 5. The van der Waals surface area contributed by atoms with Crippen LogP contribution in [-0.4, -0.2) is 61.2 Å². The summed E-state index contributed by atoms with van der Waals surface area (Å²) in [5, 5.41) is 4.37. The molecule has 6 aliphatic rings. The van der Waals surface area contributed by atoms with Gasteiger partial charge in [-0.05, 0) is 104 Å². The molecule has 0 spiro atoms. The van der Waals surface area contributed by atoms with Gasteiger partial charge in [0.15, 0.2) is 0 Å². The summed E-state index contributed by atoms with van der Waals surface area (Å²) in [6.07, 6.45) is 14.6. The Labute approximate surface area is 211 Å². The van der Waals surface area contributed by atoms with E-state index in [2.05, 4.69) is 35.8 Å². The number of hydrogen-bond donors (Lipinski definition) is 1. The monoisotopic (exact) mass is 486 g/mol. The normalized spacial score (nSPS) is 46.9. The number of nitrogens with one attached hydrogen (secondary N) is 1. The van der Waals surface area contributed by atoms with Gasteiger partial charge in [0.2, 0.25) is 0 Å². The van der Waals surface area contributed by atoms with Gasteiger partial charge in [-0.3, -0.25) is 4.90 Å². The molecule has 5 heteroatoms. The predicted octanol–water partition coefficient (Wildman–Crippen LogP) is 5.14. The van der Waals surface area contributed by atoms with Gasteiger partial charge in [-0.25, -0.2) is 4.79 Å². The van der Waals surface area contributed by atoms with Gasteiger partial charge in [-0.1, -0.05) is 13.8 Å². The Morgan fingerprint density at radius 2 is 1.82 bits per heavy atom. The minimum Gasteiger partial charge on any atom is -0.458 e. The molecule has 0 unspecified atom stereocenters. The first kappa shape index (κ1) is 23.9. The maximum absolute atomic E-state index is 11.8. The highest BCUT2D eigenvalue weighted by atomic mass is 32.2. The summed E-state index contributed by atoms with van der Waals surface area (Å²) in [5.41, 5.74) is 2.27. The lowest BCUT2D eigenvalue weighted by Gasteiger charge is -2.61. The number of ether oxygens (including phenoxy) is 1. The molecule has 4 aliphatic carbocycles. The van der Waals surface area contributed by atoms with Gasteiger partial charge >= 0.3 is 5.97 Å². The molecule has 0 radical (unpaired) electrons. The number of nitrogens with zero attached hydrogens (tertiary/aromatic N) is 1. The Hall–Kier alpha value is -0.520. The van der Waals surface area contributed by atoms with Crippen molar-refractivity contribution in [2.45, 2.75) is 76.9 Å². The zero-order chi connectivity index (χ0) is 23.3. The Kier molecular flexibility index (Phi) is 6.60. The molecule has 1 N–H and O–H groups in total. The number of fused-ring (bicyclic) bond motifs is 5. The zero-order valence-corrected chi connectivity index (χ0v) is 22.3. The van der Waals surface area contributed by atoms with E-state index in [-0.39, 0.29) is 5.97 Å². The third-order valence-electron chi connectivity index (χ3n) is 11.7. The van der Waals surface area contributed by atoms with E-state index in [4.69, 9.17) is 4.74 Å². The Morgan fingerprint density at radius 1 is 1.03 bits per heavy atom. The largest absolute Gasteiger partial charge is 0.458 e. The van der Waals surface area contributed by atoms with Crippen LogP contribution in [0.3, 0.4) is 0 Å². The summed E-state index contributed by atoms with van der Waals surface area (Å²) in [4.78, 5) is 14.4. The van der Waals surface area contributed by atoms with Crippen LogP contribution in [0.4, 0.5) is 0 Å². The quantitative estimate of drug-likeness (QED) is 0.545. The van der Waals surface area contributed by atoms with E-state index in [0.717, 1.165) is 28.9 Å². The first-order valence-electron chi connectivity index (χ1n) is 14.4. The van der Waals surface area contributed by atoms with Gasteiger partial charge in [0, 0.05) is 49.8 Å². The molecular formula is C29H46N2O2S. The highest BCUT2D eigenvalue weighted by Crippen LogP contribution is 2.68. The van der Waals surface area contributed by atoms with E-state index in [1.54, 1.807) is 0 Å². The third-order valence-corrected chi connectivity index (χ3v) is 13.0. The van der Waals surface area contributed by atoms with Crippen LogP contribution in [0, 0.1) is 40.4 Å². The van der Waals surface area contributed by atoms with Crippen LogP contribution in [0.25, 0.3) is 0 Å². The molecule has 0 aromatic rings. The van der Waals surface area contributed by atoms with E-state index in [1.165, 1.54) is 102 Å². The first-order chi connectivity index (χ1) is 16.5. The minimum absolute atomic E-state index is 0.105. The highest BCUT2D eigenvalue weighted by molar-refractivity contribution is 7.99. The summed E-state index contributed by atoms with van der Waals surface area (Å²) in [7, 11) is 0. The van der Waals surface area contributed by atoms with Crippen molar-refractivity contribution < 1.29 is 9.53 Å². The van der Waals surface area contributed by atoms with Gasteiger partial charge in [0.1, 0.15) is 6.61 Å². The van der Waals surface area contributed by atoms with Crippen LogP contribution in [0.1, 0.15) is 71.6 Å². The molecule has 2 aliphatic heterocycles. The number of hydrogen-bond acceptors (Lipinski definition) is 5. The second kappa shape index (κ2) is 9.41. The van der Waals surface area contributed by atoms with Crippen LogP contribution in [0.2, 0.25) is 0 Å². The molecule has 0 aromatic heterocycles. The minimum atomic E-state index is -0.105. The Balaban J connectivity index is 1.08. The Bertz CT molecular complexity index is 810. The van der Waals surface area contributed by atoms with Gasteiger partial charge in [-0.2, -0.15) is 11.8 Å². The molecule has 4 saturated carbocycles. The second-order valence-corrected chi connectivity index (χ2v) is 14.4. The standard InChI is InChI=1S/C29H46N2O2S/c1-28-9-7-22(34-16-15-31-13-11-30-12-14-31)18-21(28)3-4-23-25-6-5-24(20-17-27(32)33-19-20)29(25,2)10-8-26(23)28/h17,21-26,30H,3-16,18-19H2,1-2H3/t21-,22+,23+,24-,25+,26+,28+,29-/m1/s1. The van der Waals surface area contributed by atoms with Gasteiger partial charge in [-0.15, -0.1) is 0 Å². The average Bonchev–Trinajstić information content (AvgIpc) is 3.42. The molecule has 0 bridgehead atoms. The smallest absolute Gasteiger partial charge is 0.331 e. The van der Waals surface area contributed by atoms with E-state index in [9.17, 15) is 4.79 Å². The molecule has 190 valence electrons. The second-order valence-electron chi connectivity index (χ2n) is 13.0. The topological polar surface area (TPSA) is 41.6 Å². The zero-order valence-electron chi connectivity index (χ0n) is 21.5. The van der Waals surface area contributed by atoms with E-state index < -0.39 is 0 Å². The summed E-state index contributed by atoms with van der Waals surface area (Å²) < 4.78 is 5.33. The Morgan fingerprint density at radius 3 is 2.62 bits per heavy atom. The molecule has 8 atom stereocenters. The predicted molar refractivity (Wildman–Crippen MR) is 140 cm³/mol. The third kappa shape index (κ3) is 4.10. The SMILES string of the molecule is C[C@]12CC[C@H](SCCN3CCNCC3)C[C@H]1CC[C@@H]1[C@@H]2CC[C@]2(C)[C@@H](C3=CC(=O)OC3)CC[C@@H]12. The van der Waals surface area contributed by atoms with Crippen LogP contribution in [-0.2, 0) is 9.53 Å². The van der Waals surface area contributed by atoms with Gasteiger partial charge in [0.05, 0.1) is 0 Å². The van der Waals surface area contributed by atoms with Crippen LogP contribution in [0.15, 0.2) is 11.6 Å². The van der Waals surface area contributed by atoms with Crippen molar-refractivity contribution in [1.29, 1.82) is 0 Å². The molecule has 4 nitrogen and oxygen atoms in total. The lowest BCUT2D eigenvalue weighted by Crippen LogP contribution is -2.53. The number of thioether (sulfide) groups is 1. The number of carbonyl (C=O) groups excluding carboxylic acids is 1. The number of carbonyl (C=O) groups is 1. The van der Waals surface area contributed by atoms with Crippen LogP contribution in [0.5, 0.6) is 0 Å². The molecule has 6 rings (SSSR count). The maximum atomic E-state index is 11.8. The lowest BCUT2D eigenvalue weighted by atomic mass is 9.44. The molecule has 0 aromatic carbocycles. The molecule has 0 amide bonds. The molecule has 5 fully saturated rings. The summed E-state index contributed by atoms with van der Waals surface area (Å²) in [6, 6.07) is 0. The highest BCUT2D eigenvalue weighted by Gasteiger charge is 2.60. The van der Waals surface area contributed by atoms with Crippen molar-refractivity contribution >= 4 is 17.7 Å². The molecule has 2 heterocycles. The fraction of sp³-hybridized carbons (Fsp3) is 0.897.